The van der Waals surface area contributed by atoms with E-state index in [9.17, 15) is 4.79 Å². The van der Waals surface area contributed by atoms with E-state index in [1.807, 2.05) is 35.2 Å². The number of hydrogen-bond donors (Lipinski definition) is 0. The van der Waals surface area contributed by atoms with Crippen LogP contribution in [0.2, 0.25) is 5.02 Å². The van der Waals surface area contributed by atoms with Crippen molar-refractivity contribution in [3.05, 3.63) is 53.1 Å². The molecular weight excluding hydrogens is 340 g/mol. The summed E-state index contributed by atoms with van der Waals surface area (Å²) in [5.74, 6) is 1.56. The molecule has 0 aromatic heterocycles. The number of piperazine rings is 1. The Morgan fingerprint density at radius 2 is 1.72 bits per heavy atom. The van der Waals surface area contributed by atoms with Gasteiger partial charge in [0.05, 0.1) is 30.5 Å². The fraction of sp³-hybridized carbons (Fsp3) is 0.316. The molecule has 1 saturated heterocycles. The zero-order valence-corrected chi connectivity index (χ0v) is 15.1. The third-order valence-corrected chi connectivity index (χ3v) is 4.73. The smallest absolute Gasteiger partial charge is 0.255 e. The lowest BCUT2D eigenvalue weighted by Crippen LogP contribution is -2.49. The zero-order chi connectivity index (χ0) is 17.8. The van der Waals surface area contributed by atoms with Gasteiger partial charge in [0, 0.05) is 32.2 Å². The lowest BCUT2D eigenvalue weighted by molar-refractivity contribution is 0.0747. The highest BCUT2D eigenvalue weighted by atomic mass is 35.5. The molecule has 2 aromatic rings. The second kappa shape index (κ2) is 7.66. The summed E-state index contributed by atoms with van der Waals surface area (Å²) in [6.07, 6.45) is 0. The van der Waals surface area contributed by atoms with Crippen LogP contribution in [0.5, 0.6) is 11.5 Å². The van der Waals surface area contributed by atoms with Gasteiger partial charge in [-0.1, -0.05) is 23.7 Å². The summed E-state index contributed by atoms with van der Waals surface area (Å²) in [5, 5.41) is 0.490. The molecule has 2 aromatic carbocycles. The molecule has 0 N–H and O–H groups in total. The van der Waals surface area contributed by atoms with Gasteiger partial charge in [0.25, 0.3) is 5.91 Å². The van der Waals surface area contributed by atoms with E-state index >= 15 is 0 Å². The Balaban J connectivity index is 1.72. The Morgan fingerprint density at radius 1 is 1.00 bits per heavy atom. The Morgan fingerprint density at radius 3 is 2.36 bits per heavy atom. The highest BCUT2D eigenvalue weighted by Crippen LogP contribution is 2.33. The fourth-order valence-electron chi connectivity index (χ4n) is 3.00. The van der Waals surface area contributed by atoms with Crippen molar-refractivity contribution < 1.29 is 14.3 Å². The number of halogens is 1. The van der Waals surface area contributed by atoms with Gasteiger partial charge in [0.1, 0.15) is 11.5 Å². The van der Waals surface area contributed by atoms with E-state index < -0.39 is 0 Å². The first-order chi connectivity index (χ1) is 12.1. The summed E-state index contributed by atoms with van der Waals surface area (Å²) in [5.41, 5.74) is 1.53. The molecule has 6 heteroatoms. The largest absolute Gasteiger partial charge is 0.497 e. The standard InChI is InChI=1S/C19H21ClN2O3/c1-24-14-7-8-18(25-2)17(13-14)21-9-11-22(12-10-21)19(23)15-5-3-4-6-16(15)20/h3-8,13H,9-12H2,1-2H3. The van der Waals surface area contributed by atoms with Crippen molar-refractivity contribution in [2.45, 2.75) is 0 Å². The maximum absolute atomic E-state index is 12.7. The molecule has 1 fully saturated rings. The average molecular weight is 361 g/mol. The Kier molecular flexibility index (Phi) is 5.34. The van der Waals surface area contributed by atoms with E-state index in [2.05, 4.69) is 4.90 Å². The average Bonchev–Trinajstić information content (AvgIpc) is 2.67. The summed E-state index contributed by atoms with van der Waals surface area (Å²) in [7, 11) is 3.30. The van der Waals surface area contributed by atoms with Crippen molar-refractivity contribution >= 4 is 23.2 Å². The summed E-state index contributed by atoms with van der Waals surface area (Å²) >= 11 is 6.15. The van der Waals surface area contributed by atoms with Gasteiger partial charge < -0.3 is 19.3 Å². The monoisotopic (exact) mass is 360 g/mol. The van der Waals surface area contributed by atoms with Gasteiger partial charge in [-0.15, -0.1) is 0 Å². The van der Waals surface area contributed by atoms with E-state index in [-0.39, 0.29) is 5.91 Å². The Labute approximate surface area is 152 Å². The molecule has 1 heterocycles. The molecule has 0 bridgehead atoms. The van der Waals surface area contributed by atoms with Crippen LogP contribution in [0.15, 0.2) is 42.5 Å². The highest BCUT2D eigenvalue weighted by molar-refractivity contribution is 6.33. The molecule has 0 aliphatic carbocycles. The number of hydrogen-bond acceptors (Lipinski definition) is 4. The molecule has 132 valence electrons. The first-order valence-electron chi connectivity index (χ1n) is 8.15. The van der Waals surface area contributed by atoms with Gasteiger partial charge in [-0.25, -0.2) is 0 Å². The Bertz CT molecular complexity index is 758. The van der Waals surface area contributed by atoms with Gasteiger partial charge >= 0.3 is 0 Å². The van der Waals surface area contributed by atoms with Crippen LogP contribution in [0.4, 0.5) is 5.69 Å². The number of amides is 1. The SMILES string of the molecule is COc1ccc(OC)c(N2CCN(C(=O)c3ccccc3Cl)CC2)c1. The molecule has 25 heavy (non-hydrogen) atoms. The second-order valence-corrected chi connectivity index (χ2v) is 6.20. The Hall–Kier alpha value is -2.40. The van der Waals surface area contributed by atoms with E-state index in [0.717, 1.165) is 30.3 Å². The normalized spacial score (nSPS) is 14.4. The number of anilines is 1. The van der Waals surface area contributed by atoms with Crippen LogP contribution in [0, 0.1) is 0 Å². The predicted molar refractivity (Wildman–Crippen MR) is 99.1 cm³/mol. The van der Waals surface area contributed by atoms with Gasteiger partial charge in [0.2, 0.25) is 0 Å². The van der Waals surface area contributed by atoms with Crippen LogP contribution in [-0.2, 0) is 0 Å². The van der Waals surface area contributed by atoms with Crippen LogP contribution < -0.4 is 14.4 Å². The minimum atomic E-state index is -0.0251. The molecule has 1 aliphatic heterocycles. The van der Waals surface area contributed by atoms with Crippen molar-refractivity contribution in [1.82, 2.24) is 4.90 Å². The van der Waals surface area contributed by atoms with Crippen molar-refractivity contribution in [3.63, 3.8) is 0 Å². The van der Waals surface area contributed by atoms with Crippen LogP contribution in [0.3, 0.4) is 0 Å². The number of ether oxygens (including phenoxy) is 2. The molecule has 1 amide bonds. The molecule has 0 unspecified atom stereocenters. The minimum Gasteiger partial charge on any atom is -0.497 e. The molecule has 1 aliphatic rings. The predicted octanol–water partition coefficient (Wildman–Crippen LogP) is 3.32. The molecule has 0 saturated carbocycles. The maximum Gasteiger partial charge on any atom is 0.255 e. The number of nitrogens with zero attached hydrogens (tertiary/aromatic N) is 2. The van der Waals surface area contributed by atoms with Crippen molar-refractivity contribution in [2.75, 3.05) is 45.3 Å². The molecule has 3 rings (SSSR count). The summed E-state index contributed by atoms with van der Waals surface area (Å²) < 4.78 is 10.8. The van der Waals surface area contributed by atoms with Gasteiger partial charge in [-0.2, -0.15) is 0 Å². The number of carbonyl (C=O) groups is 1. The first-order valence-corrected chi connectivity index (χ1v) is 8.52. The van der Waals surface area contributed by atoms with E-state index in [1.165, 1.54) is 0 Å². The third kappa shape index (κ3) is 3.66. The van der Waals surface area contributed by atoms with E-state index in [1.54, 1.807) is 26.4 Å². The van der Waals surface area contributed by atoms with Crippen molar-refractivity contribution in [3.8, 4) is 11.5 Å². The third-order valence-electron chi connectivity index (χ3n) is 4.40. The first kappa shape index (κ1) is 17.4. The number of rotatable bonds is 4. The number of benzene rings is 2. The summed E-state index contributed by atoms with van der Waals surface area (Å²) in [6, 6.07) is 12.9. The second-order valence-electron chi connectivity index (χ2n) is 5.80. The van der Waals surface area contributed by atoms with Gasteiger partial charge in [-0.05, 0) is 24.3 Å². The molecule has 5 nitrogen and oxygen atoms in total. The molecule has 0 spiro atoms. The van der Waals surface area contributed by atoms with Crippen LogP contribution >= 0.6 is 11.6 Å². The maximum atomic E-state index is 12.7. The van der Waals surface area contributed by atoms with Crippen LogP contribution in [-0.4, -0.2) is 51.2 Å². The topological polar surface area (TPSA) is 42.0 Å². The van der Waals surface area contributed by atoms with Crippen LogP contribution in [0.25, 0.3) is 0 Å². The van der Waals surface area contributed by atoms with Crippen molar-refractivity contribution in [1.29, 1.82) is 0 Å². The highest BCUT2D eigenvalue weighted by Gasteiger charge is 2.25. The van der Waals surface area contributed by atoms with Gasteiger partial charge in [0.15, 0.2) is 0 Å². The lowest BCUT2D eigenvalue weighted by atomic mass is 10.1. The zero-order valence-electron chi connectivity index (χ0n) is 14.4. The number of methoxy groups -OCH3 is 2. The molecule has 0 radical (unpaired) electrons. The fourth-order valence-corrected chi connectivity index (χ4v) is 3.22. The molecule has 0 atom stereocenters. The summed E-state index contributed by atoms with van der Waals surface area (Å²) in [4.78, 5) is 16.7. The van der Waals surface area contributed by atoms with Crippen molar-refractivity contribution in [2.24, 2.45) is 0 Å². The lowest BCUT2D eigenvalue weighted by Gasteiger charge is -2.36. The van der Waals surface area contributed by atoms with Gasteiger partial charge in [-0.3, -0.25) is 4.79 Å². The number of carbonyl (C=O) groups excluding carboxylic acids is 1. The quantitative estimate of drug-likeness (QED) is 0.838. The molecular formula is C19H21ClN2O3. The van der Waals surface area contributed by atoms with E-state index in [0.29, 0.717) is 23.7 Å². The summed E-state index contributed by atoms with van der Waals surface area (Å²) in [6.45, 7) is 2.70. The minimum absolute atomic E-state index is 0.0251. The van der Waals surface area contributed by atoms with E-state index in [4.69, 9.17) is 21.1 Å². The van der Waals surface area contributed by atoms with Crippen LogP contribution in [0.1, 0.15) is 10.4 Å².